The number of amides is 1. The minimum atomic E-state index is -0.517. The summed E-state index contributed by atoms with van der Waals surface area (Å²) < 4.78 is 5.63. The molecule has 1 atom stereocenters. The van der Waals surface area contributed by atoms with Crippen molar-refractivity contribution in [2.75, 3.05) is 10.6 Å². The molecule has 1 amide bonds. The minimum absolute atomic E-state index is 0.0613. The third-order valence-corrected chi connectivity index (χ3v) is 3.46. The normalized spacial score (nSPS) is 17.3. The number of hydrogen-bond acceptors (Lipinski definition) is 4. The number of carbonyl (C=O) groups is 1. The Kier molecular flexibility index (Phi) is 3.25. The van der Waals surface area contributed by atoms with Crippen molar-refractivity contribution in [1.29, 1.82) is 0 Å². The lowest BCUT2D eigenvalue weighted by Gasteiger charge is -2.33. The SMILES string of the molecule is Cc1cncc(CN2C(=O)C(C)Oc3cc(N)ccc32)c1. The van der Waals surface area contributed by atoms with E-state index in [-0.39, 0.29) is 5.91 Å². The van der Waals surface area contributed by atoms with Crippen LogP contribution in [0.4, 0.5) is 11.4 Å². The molecule has 5 nitrogen and oxygen atoms in total. The van der Waals surface area contributed by atoms with Crippen LogP contribution in [0.3, 0.4) is 0 Å². The molecule has 1 aliphatic heterocycles. The van der Waals surface area contributed by atoms with Crippen LogP contribution in [-0.2, 0) is 11.3 Å². The van der Waals surface area contributed by atoms with Crippen LogP contribution in [-0.4, -0.2) is 17.0 Å². The number of anilines is 2. The van der Waals surface area contributed by atoms with Gasteiger partial charge in [-0.2, -0.15) is 0 Å². The van der Waals surface area contributed by atoms with E-state index >= 15 is 0 Å². The van der Waals surface area contributed by atoms with Gasteiger partial charge in [-0.15, -0.1) is 0 Å². The average Bonchev–Trinajstić information content (AvgIpc) is 2.44. The van der Waals surface area contributed by atoms with Crippen molar-refractivity contribution in [2.45, 2.75) is 26.5 Å². The van der Waals surface area contributed by atoms with E-state index in [4.69, 9.17) is 10.5 Å². The van der Waals surface area contributed by atoms with E-state index in [1.54, 1.807) is 36.4 Å². The zero-order valence-corrected chi connectivity index (χ0v) is 12.0. The number of nitrogen functional groups attached to an aromatic ring is 1. The Balaban J connectivity index is 1.99. The van der Waals surface area contributed by atoms with E-state index in [9.17, 15) is 4.79 Å². The summed E-state index contributed by atoms with van der Waals surface area (Å²) >= 11 is 0. The van der Waals surface area contributed by atoms with Crippen LogP contribution in [0, 0.1) is 6.92 Å². The molecule has 0 spiro atoms. The maximum absolute atomic E-state index is 12.4. The van der Waals surface area contributed by atoms with Gasteiger partial charge in [0, 0.05) is 24.1 Å². The number of nitrogens with zero attached hydrogens (tertiary/aromatic N) is 2. The molecular formula is C16H17N3O2. The van der Waals surface area contributed by atoms with Crippen molar-refractivity contribution in [3.8, 4) is 5.75 Å². The molecular weight excluding hydrogens is 266 g/mol. The fourth-order valence-corrected chi connectivity index (χ4v) is 2.48. The number of rotatable bonds is 2. The van der Waals surface area contributed by atoms with Gasteiger partial charge in [0.05, 0.1) is 12.2 Å². The molecule has 0 radical (unpaired) electrons. The molecule has 108 valence electrons. The number of hydrogen-bond donors (Lipinski definition) is 1. The number of ether oxygens (including phenoxy) is 1. The maximum atomic E-state index is 12.4. The van der Waals surface area contributed by atoms with Gasteiger partial charge in [-0.3, -0.25) is 9.78 Å². The Bertz CT molecular complexity index is 700. The highest BCUT2D eigenvalue weighted by Gasteiger charge is 2.31. The summed E-state index contributed by atoms with van der Waals surface area (Å²) in [5.74, 6) is 0.580. The minimum Gasteiger partial charge on any atom is -0.479 e. The largest absolute Gasteiger partial charge is 0.479 e. The first kappa shape index (κ1) is 13.4. The first-order chi connectivity index (χ1) is 10.0. The lowest BCUT2D eigenvalue weighted by atomic mass is 10.1. The Morgan fingerprint density at radius 1 is 1.33 bits per heavy atom. The number of aryl methyl sites for hydroxylation is 1. The molecule has 1 aliphatic rings. The number of pyridine rings is 1. The highest BCUT2D eigenvalue weighted by atomic mass is 16.5. The van der Waals surface area contributed by atoms with Crippen LogP contribution in [0.5, 0.6) is 5.75 Å². The van der Waals surface area contributed by atoms with Gasteiger partial charge in [0.25, 0.3) is 5.91 Å². The topological polar surface area (TPSA) is 68.5 Å². The van der Waals surface area contributed by atoms with Gasteiger partial charge in [0.2, 0.25) is 0 Å². The predicted molar refractivity (Wildman–Crippen MR) is 81.1 cm³/mol. The summed E-state index contributed by atoms with van der Waals surface area (Å²) in [5.41, 5.74) is 9.20. The van der Waals surface area contributed by atoms with E-state index in [0.717, 1.165) is 16.8 Å². The van der Waals surface area contributed by atoms with Crippen molar-refractivity contribution in [3.05, 3.63) is 47.8 Å². The highest BCUT2D eigenvalue weighted by Crippen LogP contribution is 2.36. The van der Waals surface area contributed by atoms with Crippen LogP contribution in [0.15, 0.2) is 36.7 Å². The molecule has 0 saturated heterocycles. The van der Waals surface area contributed by atoms with Gasteiger partial charge in [0.1, 0.15) is 5.75 Å². The van der Waals surface area contributed by atoms with Gasteiger partial charge >= 0.3 is 0 Å². The maximum Gasteiger partial charge on any atom is 0.268 e. The second kappa shape index (κ2) is 5.09. The Morgan fingerprint density at radius 3 is 2.90 bits per heavy atom. The third kappa shape index (κ3) is 2.54. The summed E-state index contributed by atoms with van der Waals surface area (Å²) in [6, 6.07) is 7.36. The van der Waals surface area contributed by atoms with Crippen LogP contribution in [0.1, 0.15) is 18.1 Å². The second-order valence-electron chi connectivity index (χ2n) is 5.28. The van der Waals surface area contributed by atoms with Gasteiger partial charge in [-0.1, -0.05) is 6.07 Å². The smallest absolute Gasteiger partial charge is 0.268 e. The molecule has 1 unspecified atom stereocenters. The molecule has 2 aromatic rings. The molecule has 21 heavy (non-hydrogen) atoms. The first-order valence-corrected chi connectivity index (χ1v) is 6.82. The van der Waals surface area contributed by atoms with Crippen LogP contribution in [0.2, 0.25) is 0 Å². The van der Waals surface area contributed by atoms with Crippen molar-refractivity contribution >= 4 is 17.3 Å². The van der Waals surface area contributed by atoms with E-state index in [1.165, 1.54) is 0 Å². The quantitative estimate of drug-likeness (QED) is 0.859. The third-order valence-electron chi connectivity index (χ3n) is 3.46. The van der Waals surface area contributed by atoms with Crippen LogP contribution >= 0.6 is 0 Å². The molecule has 1 aromatic carbocycles. The number of aromatic nitrogens is 1. The number of carbonyl (C=O) groups excluding carboxylic acids is 1. The summed E-state index contributed by atoms with van der Waals surface area (Å²) in [6.07, 6.45) is 3.05. The molecule has 3 rings (SSSR count). The Labute approximate surface area is 123 Å². The van der Waals surface area contributed by atoms with Gasteiger partial charge in [-0.05, 0) is 37.1 Å². The summed E-state index contributed by atoms with van der Waals surface area (Å²) in [6.45, 7) is 4.20. The second-order valence-corrected chi connectivity index (χ2v) is 5.28. The average molecular weight is 283 g/mol. The summed E-state index contributed by atoms with van der Waals surface area (Å²) in [7, 11) is 0. The molecule has 2 N–H and O–H groups in total. The molecule has 2 heterocycles. The van der Waals surface area contributed by atoms with Crippen molar-refractivity contribution in [1.82, 2.24) is 4.98 Å². The zero-order chi connectivity index (χ0) is 15.0. The lowest BCUT2D eigenvalue weighted by Crippen LogP contribution is -2.44. The van der Waals surface area contributed by atoms with Gasteiger partial charge in [-0.25, -0.2) is 0 Å². The number of fused-ring (bicyclic) bond motifs is 1. The van der Waals surface area contributed by atoms with E-state index in [2.05, 4.69) is 4.98 Å². The molecule has 0 bridgehead atoms. The van der Waals surface area contributed by atoms with E-state index in [1.807, 2.05) is 19.1 Å². The van der Waals surface area contributed by atoms with Gasteiger partial charge in [0.15, 0.2) is 6.10 Å². The monoisotopic (exact) mass is 283 g/mol. The number of benzene rings is 1. The molecule has 0 fully saturated rings. The fourth-order valence-electron chi connectivity index (χ4n) is 2.48. The van der Waals surface area contributed by atoms with Crippen molar-refractivity contribution < 1.29 is 9.53 Å². The molecule has 0 saturated carbocycles. The van der Waals surface area contributed by atoms with Crippen LogP contribution < -0.4 is 15.4 Å². The summed E-state index contributed by atoms with van der Waals surface area (Å²) in [5, 5.41) is 0. The van der Waals surface area contributed by atoms with Crippen molar-refractivity contribution in [3.63, 3.8) is 0 Å². The molecule has 5 heteroatoms. The standard InChI is InChI=1S/C16H17N3O2/c1-10-5-12(8-18-7-10)9-19-14-4-3-13(17)6-15(14)21-11(2)16(19)20/h3-8,11H,9,17H2,1-2H3. The zero-order valence-electron chi connectivity index (χ0n) is 12.0. The Hall–Kier alpha value is -2.56. The fraction of sp³-hybridized carbons (Fsp3) is 0.250. The first-order valence-electron chi connectivity index (χ1n) is 6.82. The molecule has 0 aliphatic carbocycles. The Morgan fingerprint density at radius 2 is 2.14 bits per heavy atom. The van der Waals surface area contributed by atoms with Crippen LogP contribution in [0.25, 0.3) is 0 Å². The lowest BCUT2D eigenvalue weighted by molar-refractivity contribution is -0.125. The number of nitrogens with two attached hydrogens (primary N) is 1. The van der Waals surface area contributed by atoms with E-state index in [0.29, 0.717) is 18.0 Å². The summed E-state index contributed by atoms with van der Waals surface area (Å²) in [4.78, 5) is 18.3. The van der Waals surface area contributed by atoms with Crippen molar-refractivity contribution in [2.24, 2.45) is 0 Å². The predicted octanol–water partition coefficient (Wildman–Crippen LogP) is 2.29. The van der Waals surface area contributed by atoms with Gasteiger partial charge < -0.3 is 15.4 Å². The molecule has 1 aromatic heterocycles. The van der Waals surface area contributed by atoms with E-state index < -0.39 is 6.10 Å². The highest BCUT2D eigenvalue weighted by molar-refractivity contribution is 6.00.